The molecular weight excluding hydrogens is 470 g/mol. The molecule has 1 aliphatic heterocycles. The number of hydrazine groups is 1. The molecule has 33 heavy (non-hydrogen) atoms. The van der Waals surface area contributed by atoms with Crippen molar-refractivity contribution in [3.63, 3.8) is 0 Å². The fraction of sp³-hybridized carbons (Fsp3) is 0.278. The average molecular weight is 494 g/mol. The summed E-state index contributed by atoms with van der Waals surface area (Å²) in [5.41, 5.74) is 7.62. The standard InChI is InChI=1S/C18H23N9O4S2/c1-26-8-11(9-26)32(28,29)15-6-4-12(10-3-5-13(19)14(7-10)27(2)20)16(17(15)33(21,30)31)18-22-24-25-23-18/h3-7,11H,8-9,19-20H2,1-2H3,(H2,21,30,31)(H,22,23,24,25). The van der Waals surface area contributed by atoms with Crippen molar-refractivity contribution in [1.82, 2.24) is 25.5 Å². The minimum absolute atomic E-state index is 0.0590. The van der Waals surface area contributed by atoms with Gasteiger partial charge in [-0.05, 0) is 46.8 Å². The molecular formula is C18H23N9O4S2. The fourth-order valence-corrected chi connectivity index (χ4v) is 7.26. The van der Waals surface area contributed by atoms with Crippen molar-refractivity contribution in [3.05, 3.63) is 30.3 Å². The van der Waals surface area contributed by atoms with Gasteiger partial charge in [0.1, 0.15) is 4.90 Å². The Bertz CT molecular complexity index is 1420. The summed E-state index contributed by atoms with van der Waals surface area (Å²) in [4.78, 5) is 0.839. The second kappa shape index (κ2) is 8.03. The van der Waals surface area contributed by atoms with Gasteiger partial charge >= 0.3 is 0 Å². The molecule has 0 radical (unpaired) electrons. The molecule has 1 fully saturated rings. The molecule has 0 saturated carbocycles. The summed E-state index contributed by atoms with van der Waals surface area (Å²) in [6.07, 6.45) is 0. The van der Waals surface area contributed by atoms with Gasteiger partial charge in [-0.15, -0.1) is 5.10 Å². The molecule has 13 nitrogen and oxygen atoms in total. The van der Waals surface area contributed by atoms with E-state index in [4.69, 9.17) is 16.7 Å². The third kappa shape index (κ3) is 4.04. The highest BCUT2D eigenvalue weighted by molar-refractivity contribution is 7.94. The number of sulfonamides is 1. The number of aromatic amines is 1. The number of hydrogen-bond acceptors (Lipinski definition) is 11. The van der Waals surface area contributed by atoms with Crippen LogP contribution >= 0.6 is 0 Å². The molecule has 1 aromatic heterocycles. The van der Waals surface area contributed by atoms with Crippen molar-refractivity contribution in [2.45, 2.75) is 15.0 Å². The predicted octanol–water partition coefficient (Wildman–Crippen LogP) is -0.839. The Kier molecular flexibility index (Phi) is 5.61. The summed E-state index contributed by atoms with van der Waals surface area (Å²) < 4.78 is 52.3. The lowest BCUT2D eigenvalue weighted by Gasteiger charge is -2.35. The largest absolute Gasteiger partial charge is 0.397 e. The number of benzene rings is 2. The number of nitrogens with one attached hydrogen (secondary N) is 1. The SMILES string of the molecule is CN1CC(S(=O)(=O)c2ccc(-c3ccc(N)c(N(C)N)c3)c(-c3nnn[nH]3)c2S(N)(=O)=O)C1. The van der Waals surface area contributed by atoms with Gasteiger partial charge in [0.25, 0.3) is 0 Å². The van der Waals surface area contributed by atoms with E-state index < -0.39 is 34.9 Å². The number of anilines is 2. The van der Waals surface area contributed by atoms with Gasteiger partial charge < -0.3 is 15.6 Å². The van der Waals surface area contributed by atoms with Gasteiger partial charge in [0.2, 0.25) is 10.0 Å². The maximum absolute atomic E-state index is 13.3. The lowest BCUT2D eigenvalue weighted by Crippen LogP contribution is -2.52. The van der Waals surface area contributed by atoms with Gasteiger partial charge in [-0.1, -0.05) is 12.1 Å². The normalized spacial score (nSPS) is 15.4. The zero-order chi connectivity index (χ0) is 24.1. The van der Waals surface area contributed by atoms with Gasteiger partial charge in [0, 0.05) is 25.7 Å². The van der Waals surface area contributed by atoms with Crippen molar-refractivity contribution < 1.29 is 16.8 Å². The molecule has 3 aromatic rings. The number of H-pyrrole nitrogens is 1. The highest BCUT2D eigenvalue weighted by Crippen LogP contribution is 2.41. The molecule has 1 saturated heterocycles. The third-order valence-electron chi connectivity index (χ3n) is 5.49. The molecule has 2 aromatic carbocycles. The highest BCUT2D eigenvalue weighted by Gasteiger charge is 2.40. The summed E-state index contributed by atoms with van der Waals surface area (Å²) in [5.74, 6) is 5.80. The van der Waals surface area contributed by atoms with Crippen molar-refractivity contribution in [2.75, 3.05) is 37.9 Å². The number of nitrogen functional groups attached to an aromatic ring is 1. The monoisotopic (exact) mass is 493 g/mol. The van der Waals surface area contributed by atoms with Gasteiger partial charge in [0.15, 0.2) is 15.7 Å². The molecule has 0 bridgehead atoms. The van der Waals surface area contributed by atoms with Crippen LogP contribution in [0.15, 0.2) is 40.1 Å². The smallest absolute Gasteiger partial charge is 0.240 e. The molecule has 0 spiro atoms. The molecule has 0 unspecified atom stereocenters. The lowest BCUT2D eigenvalue weighted by molar-refractivity contribution is 0.231. The first-order valence-corrected chi connectivity index (χ1v) is 12.7. The average Bonchev–Trinajstić information content (AvgIpc) is 3.24. The third-order valence-corrected chi connectivity index (χ3v) is 8.74. The van der Waals surface area contributed by atoms with Crippen LogP contribution < -0.4 is 21.7 Å². The van der Waals surface area contributed by atoms with E-state index in [2.05, 4.69) is 20.6 Å². The number of aromatic nitrogens is 4. The Hall–Kier alpha value is -3.11. The van der Waals surface area contributed by atoms with Crippen molar-refractivity contribution in [1.29, 1.82) is 0 Å². The molecule has 0 atom stereocenters. The Balaban J connectivity index is 2.06. The number of primary sulfonamides is 1. The first-order valence-electron chi connectivity index (χ1n) is 9.66. The van der Waals surface area contributed by atoms with E-state index in [1.54, 1.807) is 32.3 Å². The number of likely N-dealkylation sites (tertiary alicyclic amines) is 1. The highest BCUT2D eigenvalue weighted by atomic mass is 32.2. The molecule has 1 aliphatic rings. The lowest BCUT2D eigenvalue weighted by atomic mass is 9.98. The van der Waals surface area contributed by atoms with Crippen molar-refractivity contribution >= 4 is 31.2 Å². The van der Waals surface area contributed by atoms with Crippen LogP contribution in [0.3, 0.4) is 0 Å². The second-order valence-electron chi connectivity index (χ2n) is 7.88. The zero-order valence-corrected chi connectivity index (χ0v) is 19.4. The number of hydrogen-bond donors (Lipinski definition) is 4. The van der Waals surface area contributed by atoms with E-state index in [9.17, 15) is 16.8 Å². The minimum Gasteiger partial charge on any atom is -0.397 e. The van der Waals surface area contributed by atoms with Crippen LogP contribution in [-0.2, 0) is 19.9 Å². The maximum Gasteiger partial charge on any atom is 0.240 e. The van der Waals surface area contributed by atoms with Gasteiger partial charge in [0.05, 0.1) is 21.5 Å². The van der Waals surface area contributed by atoms with Crippen molar-refractivity contribution in [2.24, 2.45) is 11.0 Å². The van der Waals surface area contributed by atoms with E-state index in [-0.39, 0.29) is 24.5 Å². The fourth-order valence-electron chi connectivity index (χ4n) is 3.85. The van der Waals surface area contributed by atoms with E-state index in [0.717, 1.165) is 0 Å². The first-order chi connectivity index (χ1) is 15.4. The van der Waals surface area contributed by atoms with E-state index in [0.29, 0.717) is 22.5 Å². The van der Waals surface area contributed by atoms with Crippen LogP contribution in [0.1, 0.15) is 0 Å². The molecule has 176 valence electrons. The Morgan fingerprint density at radius 1 is 1.15 bits per heavy atom. The molecule has 7 N–H and O–H groups in total. The van der Waals surface area contributed by atoms with Crippen LogP contribution in [0, 0.1) is 0 Å². The number of nitrogens with two attached hydrogens (primary N) is 3. The second-order valence-corrected chi connectivity index (χ2v) is 11.6. The molecule has 15 heteroatoms. The van der Waals surface area contributed by atoms with Crippen molar-refractivity contribution in [3.8, 4) is 22.5 Å². The summed E-state index contributed by atoms with van der Waals surface area (Å²) in [7, 11) is -5.19. The van der Waals surface area contributed by atoms with Crippen LogP contribution in [-0.4, -0.2) is 74.8 Å². The molecule has 0 amide bonds. The maximum atomic E-state index is 13.3. The molecule has 4 rings (SSSR count). The molecule has 2 heterocycles. The number of rotatable bonds is 6. The zero-order valence-electron chi connectivity index (χ0n) is 17.8. The van der Waals surface area contributed by atoms with Gasteiger partial charge in [-0.3, -0.25) is 0 Å². The quantitative estimate of drug-likeness (QED) is 0.189. The van der Waals surface area contributed by atoms with Crippen LogP contribution in [0.25, 0.3) is 22.5 Å². The van der Waals surface area contributed by atoms with E-state index in [1.165, 1.54) is 17.1 Å². The van der Waals surface area contributed by atoms with Gasteiger partial charge in [-0.2, -0.15) is 0 Å². The number of nitrogens with zero attached hydrogens (tertiary/aromatic N) is 5. The molecule has 0 aliphatic carbocycles. The predicted molar refractivity (Wildman–Crippen MR) is 122 cm³/mol. The van der Waals surface area contributed by atoms with Crippen LogP contribution in [0.2, 0.25) is 0 Å². The Morgan fingerprint density at radius 3 is 2.39 bits per heavy atom. The number of sulfone groups is 1. The Labute approximate surface area is 190 Å². The van der Waals surface area contributed by atoms with Crippen LogP contribution in [0.5, 0.6) is 0 Å². The van der Waals surface area contributed by atoms with Crippen LogP contribution in [0.4, 0.5) is 11.4 Å². The summed E-state index contributed by atoms with van der Waals surface area (Å²) in [6.45, 7) is 0.551. The Morgan fingerprint density at radius 2 is 1.85 bits per heavy atom. The van der Waals surface area contributed by atoms with Gasteiger partial charge in [-0.25, -0.2) is 32.9 Å². The summed E-state index contributed by atoms with van der Waals surface area (Å²) in [5, 5.41) is 19.5. The van der Waals surface area contributed by atoms with E-state index in [1.807, 2.05) is 4.90 Å². The minimum atomic E-state index is -4.54. The summed E-state index contributed by atoms with van der Waals surface area (Å²) in [6, 6.07) is 7.63. The first kappa shape index (κ1) is 23.1. The van der Waals surface area contributed by atoms with E-state index >= 15 is 0 Å². The summed E-state index contributed by atoms with van der Waals surface area (Å²) >= 11 is 0. The topological polar surface area (TPSA) is 207 Å². The number of tetrazole rings is 1.